The Labute approximate surface area is 139 Å². The van der Waals surface area contributed by atoms with Crippen LogP contribution in [0.15, 0.2) is 53.4 Å². The largest absolute Gasteiger partial charge is 0.368 e. The Balaban J connectivity index is 2.05. The van der Waals surface area contributed by atoms with Gasteiger partial charge in [0.25, 0.3) is 5.91 Å². The van der Waals surface area contributed by atoms with E-state index in [0.717, 1.165) is 21.9 Å². The maximum atomic E-state index is 13.1. The number of carbonyl (C=O) groups is 2. The maximum Gasteiger partial charge on any atom is 0.260 e. The molecule has 0 spiro atoms. The molecule has 23 heavy (non-hydrogen) atoms. The molecule has 1 atom stereocenters. The van der Waals surface area contributed by atoms with Crippen LogP contribution in [0.2, 0.25) is 0 Å². The molecule has 2 aromatic carbocycles. The van der Waals surface area contributed by atoms with E-state index in [1.54, 1.807) is 22.7 Å². The minimum Gasteiger partial charge on any atom is -0.368 e. The molecule has 1 aliphatic rings. The summed E-state index contributed by atoms with van der Waals surface area (Å²) < 4.78 is 0. The van der Waals surface area contributed by atoms with Crippen LogP contribution in [0.3, 0.4) is 0 Å². The number of fused-ring (bicyclic) bond motifs is 1. The van der Waals surface area contributed by atoms with Crippen LogP contribution in [0.4, 0.5) is 5.69 Å². The van der Waals surface area contributed by atoms with E-state index in [1.165, 1.54) is 0 Å². The van der Waals surface area contributed by atoms with E-state index in [9.17, 15) is 9.59 Å². The van der Waals surface area contributed by atoms with Crippen LogP contribution in [0.1, 0.15) is 22.8 Å². The number of benzene rings is 2. The first-order chi connectivity index (χ1) is 11.1. The van der Waals surface area contributed by atoms with Crippen molar-refractivity contribution in [2.24, 2.45) is 5.73 Å². The fourth-order valence-corrected chi connectivity index (χ4v) is 3.72. The summed E-state index contributed by atoms with van der Waals surface area (Å²) in [5.41, 5.74) is 7.91. The molecule has 0 unspecified atom stereocenters. The summed E-state index contributed by atoms with van der Waals surface area (Å²) in [6, 6.07) is 14.5. The Bertz CT molecular complexity index is 760. The minimum absolute atomic E-state index is 0.171. The number of thioether (sulfide) groups is 1. The Morgan fingerprint density at radius 2 is 1.87 bits per heavy atom. The average molecular weight is 326 g/mol. The van der Waals surface area contributed by atoms with E-state index in [1.807, 2.05) is 49.4 Å². The smallest absolute Gasteiger partial charge is 0.260 e. The van der Waals surface area contributed by atoms with E-state index >= 15 is 0 Å². The van der Waals surface area contributed by atoms with Gasteiger partial charge in [0.15, 0.2) is 0 Å². The van der Waals surface area contributed by atoms with Crippen molar-refractivity contribution < 1.29 is 9.59 Å². The predicted molar refractivity (Wildman–Crippen MR) is 92.8 cm³/mol. The van der Waals surface area contributed by atoms with Crippen molar-refractivity contribution >= 4 is 29.3 Å². The molecule has 0 radical (unpaired) electrons. The van der Waals surface area contributed by atoms with Gasteiger partial charge in [-0.3, -0.25) is 14.5 Å². The number of hydrogen-bond acceptors (Lipinski definition) is 3. The molecule has 0 saturated heterocycles. The number of hydrogen-bond donors (Lipinski definition) is 1. The van der Waals surface area contributed by atoms with Gasteiger partial charge < -0.3 is 5.73 Å². The first-order valence-corrected chi connectivity index (χ1v) is 8.54. The Morgan fingerprint density at radius 3 is 2.61 bits per heavy atom. The Kier molecular flexibility index (Phi) is 4.39. The van der Waals surface area contributed by atoms with Crippen LogP contribution in [-0.4, -0.2) is 23.6 Å². The van der Waals surface area contributed by atoms with E-state index in [0.29, 0.717) is 12.0 Å². The molecule has 0 saturated carbocycles. The highest BCUT2D eigenvalue weighted by atomic mass is 32.2. The molecule has 2 aromatic rings. The van der Waals surface area contributed by atoms with E-state index in [4.69, 9.17) is 5.73 Å². The zero-order chi connectivity index (χ0) is 16.4. The molecule has 0 aliphatic carbocycles. The maximum absolute atomic E-state index is 13.1. The molecular weight excluding hydrogens is 308 g/mol. The quantitative estimate of drug-likeness (QED) is 0.879. The van der Waals surface area contributed by atoms with Crippen molar-refractivity contribution in [1.82, 2.24) is 0 Å². The fourth-order valence-electron chi connectivity index (χ4n) is 2.92. The van der Waals surface area contributed by atoms with Crippen LogP contribution in [0.25, 0.3) is 0 Å². The molecular formula is C18H18N2O2S. The molecule has 0 bridgehead atoms. The minimum atomic E-state index is -0.625. The van der Waals surface area contributed by atoms with Gasteiger partial charge in [-0.05, 0) is 29.5 Å². The fraction of sp³-hybridized carbons (Fsp3) is 0.222. The monoisotopic (exact) mass is 326 g/mol. The molecule has 2 amide bonds. The summed E-state index contributed by atoms with van der Waals surface area (Å²) in [5.74, 6) is 0.227. The summed E-state index contributed by atoms with van der Waals surface area (Å²) in [5, 5.41) is 0. The summed E-state index contributed by atoms with van der Waals surface area (Å²) in [6.07, 6.45) is 0.473. The molecule has 5 heteroatoms. The van der Waals surface area contributed by atoms with E-state index in [-0.39, 0.29) is 5.91 Å². The third kappa shape index (κ3) is 2.84. The van der Waals surface area contributed by atoms with Gasteiger partial charge in [0.2, 0.25) is 5.91 Å². The number of nitrogens with two attached hydrogens (primary N) is 1. The molecule has 1 heterocycles. The lowest BCUT2D eigenvalue weighted by Crippen LogP contribution is -2.46. The van der Waals surface area contributed by atoms with Gasteiger partial charge in [0.1, 0.15) is 6.04 Å². The topological polar surface area (TPSA) is 63.4 Å². The van der Waals surface area contributed by atoms with Crippen molar-refractivity contribution in [2.45, 2.75) is 24.3 Å². The van der Waals surface area contributed by atoms with Crippen LogP contribution in [-0.2, 0) is 11.2 Å². The number of para-hydroxylation sites is 1. The second-order valence-corrected chi connectivity index (χ2v) is 6.66. The van der Waals surface area contributed by atoms with Crippen LogP contribution in [0, 0.1) is 0 Å². The second kappa shape index (κ2) is 6.46. The van der Waals surface area contributed by atoms with Gasteiger partial charge >= 0.3 is 0 Å². The van der Waals surface area contributed by atoms with Crippen molar-refractivity contribution in [1.29, 1.82) is 0 Å². The standard InChI is InChI=1S/C18H18N2O2S/c1-2-23-16-10-6-4-8-13(16)18(22)20-14-9-5-3-7-12(14)11-15(20)17(19)21/h3-10,15H,2,11H2,1H3,(H2,19,21)/t15-/m1/s1. The number of anilines is 1. The van der Waals surface area contributed by atoms with Crippen LogP contribution < -0.4 is 10.6 Å². The van der Waals surface area contributed by atoms with Gasteiger partial charge in [0.05, 0.1) is 5.56 Å². The zero-order valence-electron chi connectivity index (χ0n) is 12.9. The molecule has 0 aromatic heterocycles. The van der Waals surface area contributed by atoms with Gasteiger partial charge in [-0.25, -0.2) is 0 Å². The lowest BCUT2D eigenvalue weighted by atomic mass is 10.1. The molecule has 1 aliphatic heterocycles. The number of primary amides is 1. The van der Waals surface area contributed by atoms with Crippen molar-refractivity contribution in [2.75, 3.05) is 10.7 Å². The Hall–Kier alpha value is -2.27. The molecule has 0 fully saturated rings. The SMILES string of the molecule is CCSc1ccccc1C(=O)N1c2ccccc2C[C@@H]1C(N)=O. The van der Waals surface area contributed by atoms with Crippen LogP contribution >= 0.6 is 11.8 Å². The van der Waals surface area contributed by atoms with Crippen molar-refractivity contribution in [3.63, 3.8) is 0 Å². The highest BCUT2D eigenvalue weighted by Crippen LogP contribution is 2.34. The van der Waals surface area contributed by atoms with Crippen molar-refractivity contribution in [3.8, 4) is 0 Å². The number of nitrogens with zero attached hydrogens (tertiary/aromatic N) is 1. The van der Waals surface area contributed by atoms with Crippen molar-refractivity contribution in [3.05, 3.63) is 59.7 Å². The van der Waals surface area contributed by atoms with Crippen LogP contribution in [0.5, 0.6) is 0 Å². The third-order valence-corrected chi connectivity index (χ3v) is 4.90. The molecule has 118 valence electrons. The normalized spacial score (nSPS) is 16.2. The van der Waals surface area contributed by atoms with E-state index < -0.39 is 11.9 Å². The summed E-state index contributed by atoms with van der Waals surface area (Å²) in [4.78, 5) is 27.4. The number of amides is 2. The van der Waals surface area contributed by atoms with Gasteiger partial charge in [-0.1, -0.05) is 37.3 Å². The number of carbonyl (C=O) groups excluding carboxylic acids is 2. The summed E-state index contributed by atoms with van der Waals surface area (Å²) >= 11 is 1.62. The summed E-state index contributed by atoms with van der Waals surface area (Å²) in [7, 11) is 0. The second-order valence-electron chi connectivity index (χ2n) is 5.36. The number of rotatable bonds is 4. The average Bonchev–Trinajstić information content (AvgIpc) is 2.95. The summed E-state index contributed by atoms with van der Waals surface area (Å²) in [6.45, 7) is 2.04. The van der Waals surface area contributed by atoms with E-state index in [2.05, 4.69) is 0 Å². The lowest BCUT2D eigenvalue weighted by Gasteiger charge is -2.24. The zero-order valence-corrected chi connectivity index (χ0v) is 13.7. The van der Waals surface area contributed by atoms with Gasteiger partial charge in [0, 0.05) is 17.0 Å². The van der Waals surface area contributed by atoms with Gasteiger partial charge in [-0.2, -0.15) is 0 Å². The molecule has 2 N–H and O–H groups in total. The Morgan fingerprint density at radius 1 is 1.17 bits per heavy atom. The first kappa shape index (κ1) is 15.6. The lowest BCUT2D eigenvalue weighted by molar-refractivity contribution is -0.119. The van der Waals surface area contributed by atoms with Gasteiger partial charge in [-0.15, -0.1) is 11.8 Å². The molecule has 3 rings (SSSR count). The highest BCUT2D eigenvalue weighted by molar-refractivity contribution is 7.99. The third-order valence-electron chi connectivity index (χ3n) is 3.94. The predicted octanol–water partition coefficient (Wildman–Crippen LogP) is 2.86. The molecule has 4 nitrogen and oxygen atoms in total. The highest BCUT2D eigenvalue weighted by Gasteiger charge is 2.37. The first-order valence-electron chi connectivity index (χ1n) is 7.56.